The number of aliphatic hydroxyl groups excluding tert-OH is 1. The number of carbonyl (C=O) groups is 2. The number of amides is 2. The number of aromatic nitrogens is 1. The van der Waals surface area contributed by atoms with Crippen molar-refractivity contribution in [3.8, 4) is 0 Å². The number of carbonyl (C=O) groups excluding carboxylic acids is 2. The van der Waals surface area contributed by atoms with Gasteiger partial charge in [0, 0.05) is 69.4 Å². The van der Waals surface area contributed by atoms with Gasteiger partial charge >= 0.3 is 0 Å². The number of likely N-dealkylation sites (tertiary alicyclic amines) is 1. The summed E-state index contributed by atoms with van der Waals surface area (Å²) in [7, 11) is 1.81. The minimum atomic E-state index is -0.323. The second-order valence-corrected chi connectivity index (χ2v) is 9.59. The summed E-state index contributed by atoms with van der Waals surface area (Å²) in [4.78, 5) is 43.7. The second-order valence-electron chi connectivity index (χ2n) is 9.59. The third-order valence-corrected chi connectivity index (χ3v) is 7.39. The fraction of sp³-hybridized carbons (Fsp3) is 0.682. The average molecular weight is 415 g/mol. The van der Waals surface area contributed by atoms with Gasteiger partial charge in [0.1, 0.15) is 0 Å². The number of hydrogen-bond acceptors (Lipinski definition) is 5. The van der Waals surface area contributed by atoms with Crippen molar-refractivity contribution in [3.63, 3.8) is 0 Å². The maximum Gasteiger partial charge on any atom is 0.255 e. The van der Waals surface area contributed by atoms with Crippen molar-refractivity contribution >= 4 is 11.8 Å². The summed E-state index contributed by atoms with van der Waals surface area (Å²) in [5, 5.41) is 9.53. The molecule has 2 saturated heterocycles. The number of fused-ring (bicyclic) bond motifs is 4. The Balaban J connectivity index is 1.32. The van der Waals surface area contributed by atoms with Gasteiger partial charge in [-0.2, -0.15) is 0 Å². The molecule has 162 valence electrons. The molecular weight excluding hydrogens is 384 g/mol. The van der Waals surface area contributed by atoms with Crippen LogP contribution in [0.4, 0.5) is 0 Å². The van der Waals surface area contributed by atoms with E-state index in [0.717, 1.165) is 24.2 Å². The molecule has 0 spiro atoms. The summed E-state index contributed by atoms with van der Waals surface area (Å²) >= 11 is 0. The Labute approximate surface area is 176 Å². The highest BCUT2D eigenvalue weighted by atomic mass is 16.3. The van der Waals surface area contributed by atoms with E-state index < -0.39 is 0 Å². The summed E-state index contributed by atoms with van der Waals surface area (Å²) in [6.45, 7) is 4.34. The zero-order chi connectivity index (χ0) is 21.0. The van der Waals surface area contributed by atoms with Crippen LogP contribution in [0.2, 0.25) is 0 Å². The number of pyridine rings is 1. The summed E-state index contributed by atoms with van der Waals surface area (Å²) < 4.78 is 1.92. The fourth-order valence-electron chi connectivity index (χ4n) is 5.52. The molecule has 3 aliphatic heterocycles. The smallest absolute Gasteiger partial charge is 0.255 e. The number of hydrogen-bond donors (Lipinski definition) is 1. The number of aliphatic hydroxyl groups is 1. The largest absolute Gasteiger partial charge is 0.393 e. The topological polar surface area (TPSA) is 86.1 Å². The number of piperidine rings is 1. The molecule has 3 fully saturated rings. The van der Waals surface area contributed by atoms with Crippen LogP contribution in [-0.4, -0.2) is 82.1 Å². The highest BCUT2D eigenvalue weighted by Gasteiger charge is 2.41. The molecule has 4 aliphatic rings. The second kappa shape index (κ2) is 7.50. The van der Waals surface area contributed by atoms with Gasteiger partial charge in [0.05, 0.1) is 12.6 Å². The first-order chi connectivity index (χ1) is 14.4. The van der Waals surface area contributed by atoms with E-state index in [1.54, 1.807) is 4.90 Å². The highest BCUT2D eigenvalue weighted by molar-refractivity contribution is 5.80. The highest BCUT2D eigenvalue weighted by Crippen LogP contribution is 2.37. The molecule has 2 bridgehead atoms. The van der Waals surface area contributed by atoms with Crippen LogP contribution in [0.25, 0.3) is 0 Å². The van der Waals surface area contributed by atoms with E-state index in [-0.39, 0.29) is 35.3 Å². The minimum Gasteiger partial charge on any atom is -0.393 e. The van der Waals surface area contributed by atoms with Crippen molar-refractivity contribution in [2.45, 2.75) is 44.4 Å². The standard InChI is InChI=1S/C22H30N4O4/c1-23-4-5-24(13-20(23)28)11-15-2-3-19-17-6-14(10-26(19)22(15)30)9-25(12-17)21(29)16-7-18(27)8-16/h2-3,14,16-18,27H,4-13H2,1H3/t14-,16?,17+,18?/m0/s1. The molecular formula is C22H30N4O4. The lowest BCUT2D eigenvalue weighted by molar-refractivity contribution is -0.145. The Hall–Kier alpha value is -2.19. The SMILES string of the molecule is CN1CCN(Cc2ccc3n(c2=O)C[C@H]2C[C@@H]3CN(C(=O)C3CC(O)C3)C2)CC1=O. The normalized spacial score (nSPS) is 31.3. The molecule has 4 heterocycles. The van der Waals surface area contributed by atoms with E-state index in [4.69, 9.17) is 0 Å². The Morgan fingerprint density at radius 2 is 1.90 bits per heavy atom. The van der Waals surface area contributed by atoms with Gasteiger partial charge in [-0.25, -0.2) is 0 Å². The molecule has 8 heteroatoms. The predicted octanol–water partition coefficient (Wildman–Crippen LogP) is -0.161. The van der Waals surface area contributed by atoms with Crippen molar-refractivity contribution in [3.05, 3.63) is 33.7 Å². The average Bonchev–Trinajstić information content (AvgIpc) is 2.70. The van der Waals surface area contributed by atoms with Crippen LogP contribution in [0.5, 0.6) is 0 Å². The third-order valence-electron chi connectivity index (χ3n) is 7.39. The Bertz CT molecular complexity index is 922. The van der Waals surface area contributed by atoms with Crippen LogP contribution in [0.15, 0.2) is 16.9 Å². The number of rotatable bonds is 3. The lowest BCUT2D eigenvalue weighted by Crippen LogP contribution is -2.53. The van der Waals surface area contributed by atoms with Crippen LogP contribution in [-0.2, 0) is 22.7 Å². The summed E-state index contributed by atoms with van der Waals surface area (Å²) in [6, 6.07) is 3.97. The molecule has 5 rings (SSSR count). The van der Waals surface area contributed by atoms with Crippen LogP contribution >= 0.6 is 0 Å². The Kier molecular flexibility index (Phi) is 4.94. The van der Waals surface area contributed by atoms with Gasteiger partial charge in [0.25, 0.3) is 5.56 Å². The molecule has 0 unspecified atom stereocenters. The van der Waals surface area contributed by atoms with Crippen LogP contribution in [0, 0.1) is 11.8 Å². The quantitative estimate of drug-likeness (QED) is 0.743. The molecule has 1 aromatic rings. The van der Waals surface area contributed by atoms with E-state index in [1.807, 2.05) is 27.5 Å². The number of likely N-dealkylation sites (N-methyl/N-ethyl adjacent to an activating group) is 1. The summed E-state index contributed by atoms with van der Waals surface area (Å²) in [5.41, 5.74) is 1.82. The molecule has 1 aliphatic carbocycles. The van der Waals surface area contributed by atoms with Crippen molar-refractivity contribution in [1.82, 2.24) is 19.3 Å². The molecule has 30 heavy (non-hydrogen) atoms. The van der Waals surface area contributed by atoms with Crippen LogP contribution in [0.1, 0.15) is 36.4 Å². The molecule has 2 atom stereocenters. The fourth-order valence-corrected chi connectivity index (χ4v) is 5.52. The van der Waals surface area contributed by atoms with Gasteiger partial charge in [-0.1, -0.05) is 6.07 Å². The first kappa shape index (κ1) is 19.8. The van der Waals surface area contributed by atoms with Crippen molar-refractivity contribution in [2.75, 3.05) is 39.8 Å². The first-order valence-electron chi connectivity index (χ1n) is 11.0. The Morgan fingerprint density at radius 1 is 1.10 bits per heavy atom. The molecule has 1 saturated carbocycles. The molecule has 8 nitrogen and oxygen atoms in total. The molecule has 2 amide bonds. The Morgan fingerprint density at radius 3 is 2.63 bits per heavy atom. The van der Waals surface area contributed by atoms with E-state index >= 15 is 0 Å². The van der Waals surface area contributed by atoms with E-state index in [2.05, 4.69) is 6.07 Å². The summed E-state index contributed by atoms with van der Waals surface area (Å²) in [6.07, 6.45) is 1.86. The molecule has 1 aromatic heterocycles. The zero-order valence-electron chi connectivity index (χ0n) is 17.5. The molecule has 0 radical (unpaired) electrons. The monoisotopic (exact) mass is 414 g/mol. The lowest BCUT2D eigenvalue weighted by Gasteiger charge is -2.45. The number of nitrogens with zero attached hydrogens (tertiary/aromatic N) is 4. The van der Waals surface area contributed by atoms with E-state index in [1.165, 1.54) is 0 Å². The van der Waals surface area contributed by atoms with Crippen molar-refractivity contribution in [1.29, 1.82) is 0 Å². The molecule has 1 N–H and O–H groups in total. The van der Waals surface area contributed by atoms with Crippen molar-refractivity contribution in [2.24, 2.45) is 11.8 Å². The maximum absolute atomic E-state index is 13.2. The van der Waals surface area contributed by atoms with Gasteiger partial charge in [-0.3, -0.25) is 19.3 Å². The maximum atomic E-state index is 13.2. The van der Waals surface area contributed by atoms with Gasteiger partial charge in [-0.15, -0.1) is 0 Å². The lowest BCUT2D eigenvalue weighted by atomic mass is 9.78. The van der Waals surface area contributed by atoms with E-state index in [9.17, 15) is 19.5 Å². The summed E-state index contributed by atoms with van der Waals surface area (Å²) in [5.74, 6) is 0.719. The first-order valence-corrected chi connectivity index (χ1v) is 11.0. The zero-order valence-corrected chi connectivity index (χ0v) is 17.5. The third kappa shape index (κ3) is 3.46. The van der Waals surface area contributed by atoms with Gasteiger partial charge in [0.15, 0.2) is 0 Å². The molecule has 0 aromatic carbocycles. The van der Waals surface area contributed by atoms with E-state index in [0.29, 0.717) is 58.0 Å². The minimum absolute atomic E-state index is 0.0327. The van der Waals surface area contributed by atoms with Gasteiger partial charge in [0.2, 0.25) is 11.8 Å². The van der Waals surface area contributed by atoms with Crippen LogP contribution in [0.3, 0.4) is 0 Å². The van der Waals surface area contributed by atoms with Crippen LogP contribution < -0.4 is 5.56 Å². The number of piperazine rings is 1. The van der Waals surface area contributed by atoms with Gasteiger partial charge in [-0.05, 0) is 31.2 Å². The van der Waals surface area contributed by atoms with Gasteiger partial charge < -0.3 is 19.5 Å². The van der Waals surface area contributed by atoms with Crippen molar-refractivity contribution < 1.29 is 14.7 Å². The predicted molar refractivity (Wildman–Crippen MR) is 110 cm³/mol.